The number of hydrazine groups is 1. The fraction of sp³-hybridized carbons (Fsp3) is 0.472. The van der Waals surface area contributed by atoms with Crippen LogP contribution in [0.15, 0.2) is 79.1 Å². The molecule has 2 aromatic heterocycles. The van der Waals surface area contributed by atoms with Crippen molar-refractivity contribution in [1.29, 1.82) is 0 Å². The molecule has 0 spiro atoms. The number of carboxylic acid groups (broad SMARTS) is 1. The second-order valence-electron chi connectivity index (χ2n) is 20.8. The van der Waals surface area contributed by atoms with Gasteiger partial charge < -0.3 is 40.5 Å². The summed E-state index contributed by atoms with van der Waals surface area (Å²) in [5, 5.41) is 30.5. The van der Waals surface area contributed by atoms with Crippen molar-refractivity contribution in [2.45, 2.75) is 110 Å². The predicted octanol–water partition coefficient (Wildman–Crippen LogP) is 5.25. The van der Waals surface area contributed by atoms with E-state index in [4.69, 9.17) is 14.5 Å². The number of carbonyl (C=O) groups is 4. The molecule has 2 bridgehead atoms. The maximum Gasteiger partial charge on any atom is 0.407 e. The fourth-order valence-electron chi connectivity index (χ4n) is 9.43. The van der Waals surface area contributed by atoms with Crippen LogP contribution < -0.4 is 26.3 Å². The highest BCUT2D eigenvalue weighted by Crippen LogP contribution is 2.35. The van der Waals surface area contributed by atoms with Gasteiger partial charge in [-0.15, -0.1) is 0 Å². The van der Waals surface area contributed by atoms with Gasteiger partial charge in [-0.2, -0.15) is 0 Å². The van der Waals surface area contributed by atoms with E-state index in [1.807, 2.05) is 12.1 Å². The summed E-state index contributed by atoms with van der Waals surface area (Å²) in [7, 11) is 1.16. The highest BCUT2D eigenvalue weighted by Gasteiger charge is 2.45. The Bertz CT molecular complexity index is 2580. The highest BCUT2D eigenvalue weighted by molar-refractivity contribution is 5.87. The molecule has 2 aromatic carbocycles. The van der Waals surface area contributed by atoms with Crippen molar-refractivity contribution in [2.75, 3.05) is 44.9 Å². The Morgan fingerprint density at radius 1 is 0.833 bits per heavy atom. The van der Waals surface area contributed by atoms with Gasteiger partial charge >= 0.3 is 12.2 Å². The number of carbonyl (C=O) groups excluding carboxylic acids is 3. The smallest absolute Gasteiger partial charge is 0.407 e. The van der Waals surface area contributed by atoms with E-state index < -0.39 is 89.3 Å². The number of hydrogen-bond acceptors (Lipinski definition) is 12. The molecule has 2 unspecified atom stereocenters. The summed E-state index contributed by atoms with van der Waals surface area (Å²) in [6.07, 6.45) is 1.71. The number of hydrogen-bond donors (Lipinski definition) is 6. The molecular formula is C53H65F2N9O8. The number of alkyl carbamates (subject to hydrolysis) is 1. The number of aliphatic hydroxyl groups excluding tert-OH is 1. The van der Waals surface area contributed by atoms with E-state index in [0.29, 0.717) is 34.9 Å². The molecule has 6 N–H and O–H groups in total. The van der Waals surface area contributed by atoms with Crippen molar-refractivity contribution >= 4 is 29.8 Å². The molecule has 384 valence electrons. The Balaban J connectivity index is 1.12. The molecule has 72 heavy (non-hydrogen) atoms. The number of anilines is 1. The monoisotopic (exact) mass is 993 g/mol. The number of halogens is 2. The fourth-order valence-corrected chi connectivity index (χ4v) is 9.43. The lowest BCUT2D eigenvalue weighted by atomic mass is 9.85. The first-order valence-electron chi connectivity index (χ1n) is 24.1. The van der Waals surface area contributed by atoms with Crippen LogP contribution in [0.25, 0.3) is 11.3 Å². The summed E-state index contributed by atoms with van der Waals surface area (Å²) < 4.78 is 42.2. The molecular weight excluding hydrogens is 929 g/mol. The van der Waals surface area contributed by atoms with Crippen LogP contribution in [-0.2, 0) is 32.0 Å². The minimum atomic E-state index is -1.57. The van der Waals surface area contributed by atoms with E-state index in [1.165, 1.54) is 19.0 Å². The summed E-state index contributed by atoms with van der Waals surface area (Å²) in [4.78, 5) is 66.3. The second-order valence-corrected chi connectivity index (χ2v) is 20.8. The van der Waals surface area contributed by atoms with Crippen molar-refractivity contribution in [1.82, 2.24) is 41.3 Å². The number of methoxy groups -OCH3 is 1. The molecule has 0 saturated carbocycles. The van der Waals surface area contributed by atoms with Gasteiger partial charge in [-0.25, -0.2) is 28.4 Å². The topological polar surface area (TPSA) is 211 Å². The number of ether oxygens (including phenoxy) is 2. The van der Waals surface area contributed by atoms with Crippen LogP contribution in [0.4, 0.5) is 24.2 Å². The number of amides is 4. The van der Waals surface area contributed by atoms with E-state index in [9.17, 15) is 29.4 Å². The molecule has 17 nitrogen and oxygen atoms in total. The molecule has 3 fully saturated rings. The lowest BCUT2D eigenvalue weighted by Gasteiger charge is -2.47. The third-order valence-electron chi connectivity index (χ3n) is 13.3. The van der Waals surface area contributed by atoms with Gasteiger partial charge in [0.2, 0.25) is 5.91 Å². The summed E-state index contributed by atoms with van der Waals surface area (Å²) in [6.45, 7) is 12.4. The van der Waals surface area contributed by atoms with Gasteiger partial charge in [-0.05, 0) is 84.2 Å². The van der Waals surface area contributed by atoms with Crippen LogP contribution in [0.1, 0.15) is 76.6 Å². The Hall–Kier alpha value is -6.72. The minimum absolute atomic E-state index is 0.0000398. The third-order valence-corrected chi connectivity index (χ3v) is 13.3. The van der Waals surface area contributed by atoms with Crippen LogP contribution in [0.5, 0.6) is 0 Å². The first-order chi connectivity index (χ1) is 34.2. The molecule has 7 rings (SSSR count). The highest BCUT2D eigenvalue weighted by atomic mass is 19.1. The Morgan fingerprint density at radius 3 is 2.00 bits per heavy atom. The molecule has 3 aliphatic rings. The number of pyridine rings is 2. The lowest BCUT2D eigenvalue weighted by molar-refractivity contribution is -0.132. The van der Waals surface area contributed by atoms with Crippen molar-refractivity contribution in [3.05, 3.63) is 113 Å². The third kappa shape index (κ3) is 13.4. The second kappa shape index (κ2) is 22.8. The number of aliphatic hydroxyl groups is 1. The zero-order chi connectivity index (χ0) is 51.9. The number of aromatic nitrogens is 2. The number of nitrogens with zero attached hydrogens (tertiary/aromatic N) is 5. The SMILES string of the molecule is COC(=O)N[C@H](C(=O)N[C@@H](Cc1ccc(C#Cc2ccc(N3CC4CCC(C3)N4C3COC3)nc2)cc1)[C@@H](O)CN(Cc1c(F)cc(-c2ccccn2)cc1F)NC(=O)[C@@H](NC(=O)O)C(C)(C)C)C(C)(C)C. The van der Waals surface area contributed by atoms with E-state index in [0.717, 1.165) is 61.9 Å². The first kappa shape index (κ1) is 53.1. The van der Waals surface area contributed by atoms with E-state index in [2.05, 4.69) is 48.0 Å². The molecule has 4 amide bonds. The van der Waals surface area contributed by atoms with Gasteiger partial charge in [-0.1, -0.05) is 71.6 Å². The van der Waals surface area contributed by atoms with Gasteiger partial charge in [0.25, 0.3) is 5.91 Å². The number of nitrogens with one attached hydrogen (secondary N) is 4. The Labute approximate surface area is 419 Å². The Morgan fingerprint density at radius 2 is 1.46 bits per heavy atom. The lowest BCUT2D eigenvalue weighted by Crippen LogP contribution is -2.62. The largest absolute Gasteiger partial charge is 0.465 e. The number of benzene rings is 2. The average molecular weight is 994 g/mol. The number of rotatable bonds is 16. The van der Waals surface area contributed by atoms with Gasteiger partial charge in [-0.3, -0.25) is 24.9 Å². The average Bonchev–Trinajstić information content (AvgIpc) is 3.54. The predicted molar refractivity (Wildman–Crippen MR) is 265 cm³/mol. The van der Waals surface area contributed by atoms with E-state index >= 15 is 8.78 Å². The molecule has 19 heteroatoms. The number of piperazine rings is 1. The zero-order valence-corrected chi connectivity index (χ0v) is 41.7. The standard InChI is InChI=1S/C53H65F2N9O8/c1-52(2,3)46(60-51(70)71-7)48(66)58-43(22-33-14-11-32(12-15-33)13-16-34-17-20-45(57-25-34)62-26-36-18-19-37(27-62)64(36)38-30-72-31-38)44(65)29-63(61-49(67)47(53(4,5)6)59-50(68)69)28-39-40(54)23-35(24-41(39)55)42-10-8-9-21-56-42/h8-12,14-15,17,20-21,23-25,36-38,43-44,46-47,59,65H,18-19,22,26-31H2,1-7H3,(H,58,66)(H,60,70)(H,61,67)(H,68,69)/t36?,37?,43-,44-,46+,47+/m0/s1. The molecule has 4 aromatic rings. The van der Waals surface area contributed by atoms with Crippen molar-refractivity contribution < 1.29 is 47.6 Å². The molecule has 5 heterocycles. The van der Waals surface area contributed by atoms with E-state index in [1.54, 1.807) is 90.2 Å². The van der Waals surface area contributed by atoms with Crippen LogP contribution >= 0.6 is 0 Å². The molecule has 0 radical (unpaired) electrons. The summed E-state index contributed by atoms with van der Waals surface area (Å²) in [6, 6.07) is 16.1. The van der Waals surface area contributed by atoms with Gasteiger partial charge in [0.05, 0.1) is 44.2 Å². The summed E-state index contributed by atoms with van der Waals surface area (Å²) in [5.41, 5.74) is 2.84. The van der Waals surface area contributed by atoms with Crippen molar-refractivity contribution in [2.24, 2.45) is 10.8 Å². The van der Waals surface area contributed by atoms with Crippen molar-refractivity contribution in [3.8, 4) is 23.1 Å². The van der Waals surface area contributed by atoms with Crippen LogP contribution in [0.3, 0.4) is 0 Å². The summed E-state index contributed by atoms with van der Waals surface area (Å²) in [5.74, 6) is 3.80. The minimum Gasteiger partial charge on any atom is -0.465 e. The van der Waals surface area contributed by atoms with Crippen LogP contribution in [0, 0.1) is 34.3 Å². The normalized spacial score (nSPS) is 18.7. The van der Waals surface area contributed by atoms with Crippen LogP contribution in [0.2, 0.25) is 0 Å². The first-order valence-corrected chi connectivity index (χ1v) is 24.1. The maximum absolute atomic E-state index is 16.0. The van der Waals surface area contributed by atoms with Gasteiger partial charge in [0, 0.05) is 72.9 Å². The summed E-state index contributed by atoms with van der Waals surface area (Å²) >= 11 is 0. The molecule has 0 aliphatic carbocycles. The zero-order valence-electron chi connectivity index (χ0n) is 41.7. The molecule has 6 atom stereocenters. The van der Waals surface area contributed by atoms with E-state index in [-0.39, 0.29) is 12.0 Å². The Kier molecular flexibility index (Phi) is 16.8. The maximum atomic E-state index is 16.0. The van der Waals surface area contributed by atoms with Crippen LogP contribution in [-0.4, -0.2) is 136 Å². The van der Waals surface area contributed by atoms with Gasteiger partial charge in [0.1, 0.15) is 29.5 Å². The molecule has 3 aliphatic heterocycles. The quantitative estimate of drug-likeness (QED) is 0.0627. The van der Waals surface area contributed by atoms with Gasteiger partial charge in [0.15, 0.2) is 0 Å². The molecule has 3 saturated heterocycles. The van der Waals surface area contributed by atoms with Crippen molar-refractivity contribution in [3.63, 3.8) is 0 Å². The number of fused-ring (bicyclic) bond motifs is 2.